The van der Waals surface area contributed by atoms with Crippen molar-refractivity contribution in [3.05, 3.63) is 134 Å². The molecular weight excluding hydrogens is 726 g/mol. The molecule has 9 heteroatoms. The number of carboxylic acids is 2. The van der Waals surface area contributed by atoms with Crippen LogP contribution in [0, 0.1) is 14.3 Å². The maximum absolute atomic E-state index is 11.3. The molecule has 0 saturated heterocycles. The molecule has 7 nitrogen and oxygen atoms in total. The van der Waals surface area contributed by atoms with Gasteiger partial charge in [-0.1, -0.05) is 0 Å². The van der Waals surface area contributed by atoms with Gasteiger partial charge in [-0.25, -0.2) is 0 Å². The molecule has 202 valence electrons. The van der Waals surface area contributed by atoms with Crippen molar-refractivity contribution in [2.75, 3.05) is 7.11 Å². The summed E-state index contributed by atoms with van der Waals surface area (Å²) in [6, 6.07) is 28.1. The number of carboxylic acid groups (broad SMARTS) is 2. The third-order valence-electron chi connectivity index (χ3n) is 5.13. The Morgan fingerprint density at radius 1 is 0.590 bits per heavy atom. The van der Waals surface area contributed by atoms with Crippen LogP contribution in [0.2, 0.25) is 0 Å². The molecule has 39 heavy (non-hydrogen) atoms. The Hall–Kier alpha value is -3.58. The molecular formula is C30H22I2O7-4. The van der Waals surface area contributed by atoms with Crippen molar-refractivity contribution in [3.8, 4) is 0 Å². The zero-order valence-electron chi connectivity index (χ0n) is 20.9. The number of ether oxygens (including phenoxy) is 1. The van der Waals surface area contributed by atoms with E-state index in [2.05, 4.69) is 4.74 Å². The SMILES string of the molecule is CC(=O)c1ccc([I-]c2ccccc2C(=O)[O-])cc1.COC(=O)c1ccc([I-]c2ccccc2C(=O)[O-])cc1. The first-order valence-corrected chi connectivity index (χ1v) is 15.7. The molecule has 0 aliphatic rings. The Bertz CT molecular complexity index is 1480. The predicted molar refractivity (Wildman–Crippen MR) is 131 cm³/mol. The molecule has 0 amide bonds. The van der Waals surface area contributed by atoms with E-state index in [1.807, 2.05) is 42.5 Å². The van der Waals surface area contributed by atoms with Crippen molar-refractivity contribution in [3.63, 3.8) is 0 Å². The predicted octanol–water partition coefficient (Wildman–Crippen LogP) is -3.65. The van der Waals surface area contributed by atoms with E-state index in [0.29, 0.717) is 11.1 Å². The van der Waals surface area contributed by atoms with E-state index in [4.69, 9.17) is 0 Å². The molecule has 0 radical (unpaired) electrons. The van der Waals surface area contributed by atoms with Gasteiger partial charge in [-0.15, -0.1) is 0 Å². The Balaban J connectivity index is 0.000000216. The Morgan fingerprint density at radius 2 is 0.974 bits per heavy atom. The van der Waals surface area contributed by atoms with Gasteiger partial charge in [-0.3, -0.25) is 0 Å². The number of halogens is 2. The average Bonchev–Trinajstić information content (AvgIpc) is 2.94. The van der Waals surface area contributed by atoms with E-state index < -0.39 is 54.3 Å². The van der Waals surface area contributed by atoms with Gasteiger partial charge in [0, 0.05) is 0 Å². The molecule has 4 rings (SSSR count). The fraction of sp³-hybridized carbons (Fsp3) is 0.0667. The second kappa shape index (κ2) is 14.5. The quantitative estimate of drug-likeness (QED) is 0.104. The van der Waals surface area contributed by atoms with Crippen molar-refractivity contribution in [1.82, 2.24) is 0 Å². The van der Waals surface area contributed by atoms with Crippen molar-refractivity contribution < 1.29 is 76.5 Å². The van der Waals surface area contributed by atoms with Crippen LogP contribution in [-0.4, -0.2) is 30.8 Å². The molecule has 0 heterocycles. The van der Waals surface area contributed by atoms with E-state index in [0.717, 1.165) is 14.3 Å². The molecule has 0 spiro atoms. The second-order valence-corrected chi connectivity index (χ2v) is 13.7. The summed E-state index contributed by atoms with van der Waals surface area (Å²) < 4.78 is 8.32. The van der Waals surface area contributed by atoms with Crippen molar-refractivity contribution in [2.24, 2.45) is 0 Å². The summed E-state index contributed by atoms with van der Waals surface area (Å²) in [7, 11) is 1.33. The van der Waals surface area contributed by atoms with Gasteiger partial charge in [0.2, 0.25) is 0 Å². The molecule has 0 saturated carbocycles. The number of Topliss-reactive ketones (excluding diaryl/α,β-unsaturated/α-hetero) is 1. The normalized spacial score (nSPS) is 10.3. The first kappa shape index (κ1) is 30.0. The minimum absolute atomic E-state index is 0.0277. The number of rotatable bonds is 8. The van der Waals surface area contributed by atoms with Crippen LogP contribution >= 0.6 is 0 Å². The molecule has 4 aromatic rings. The number of aromatic carboxylic acids is 2. The summed E-state index contributed by atoms with van der Waals surface area (Å²) in [5, 5.41) is 22.1. The molecule has 4 aromatic carbocycles. The molecule has 0 N–H and O–H groups in total. The van der Waals surface area contributed by atoms with Crippen molar-refractivity contribution in [1.29, 1.82) is 0 Å². The molecule has 0 fully saturated rings. The van der Waals surface area contributed by atoms with Gasteiger partial charge in [-0.05, 0) is 0 Å². The number of esters is 1. The third kappa shape index (κ3) is 8.72. The van der Waals surface area contributed by atoms with Crippen LogP contribution in [0.25, 0.3) is 0 Å². The van der Waals surface area contributed by atoms with Gasteiger partial charge in [0.1, 0.15) is 0 Å². The molecule has 0 atom stereocenters. The van der Waals surface area contributed by atoms with Crippen molar-refractivity contribution >= 4 is 23.7 Å². The molecule has 0 aliphatic carbocycles. The Morgan fingerprint density at radius 3 is 1.33 bits per heavy atom. The van der Waals surface area contributed by atoms with Crippen LogP contribution in [-0.2, 0) is 4.74 Å². The maximum atomic E-state index is 11.3. The summed E-state index contributed by atoms with van der Waals surface area (Å²) in [6.07, 6.45) is 0. The zero-order valence-corrected chi connectivity index (χ0v) is 25.2. The van der Waals surface area contributed by atoms with Crippen LogP contribution in [0.1, 0.15) is 48.4 Å². The molecule has 0 bridgehead atoms. The number of hydrogen-bond donors (Lipinski definition) is 0. The number of benzene rings is 4. The third-order valence-corrected chi connectivity index (χ3v) is 10.9. The average molecular weight is 748 g/mol. The molecule has 0 unspecified atom stereocenters. The van der Waals surface area contributed by atoms with Gasteiger partial charge in [0.05, 0.1) is 0 Å². The van der Waals surface area contributed by atoms with E-state index in [-0.39, 0.29) is 22.9 Å². The first-order chi connectivity index (χ1) is 18.7. The van der Waals surface area contributed by atoms with Crippen molar-refractivity contribution in [2.45, 2.75) is 6.92 Å². The van der Waals surface area contributed by atoms with Crippen LogP contribution in [0.15, 0.2) is 97.1 Å². The van der Waals surface area contributed by atoms with Gasteiger partial charge >= 0.3 is 248 Å². The van der Waals surface area contributed by atoms with Crippen LogP contribution in [0.5, 0.6) is 0 Å². The summed E-state index contributed by atoms with van der Waals surface area (Å²) in [6.45, 7) is 1.52. The topological polar surface area (TPSA) is 124 Å². The molecule has 0 aromatic heterocycles. The minimum atomic E-state index is -1.16. The van der Waals surface area contributed by atoms with Gasteiger partial charge in [-0.2, -0.15) is 0 Å². The van der Waals surface area contributed by atoms with Gasteiger partial charge in [0.25, 0.3) is 0 Å². The summed E-state index contributed by atoms with van der Waals surface area (Å²) in [5.41, 5.74) is 1.64. The fourth-order valence-corrected chi connectivity index (χ4v) is 8.10. The van der Waals surface area contributed by atoms with E-state index in [1.165, 1.54) is 14.0 Å². The van der Waals surface area contributed by atoms with Gasteiger partial charge in [0.15, 0.2) is 0 Å². The van der Waals surface area contributed by atoms with Gasteiger partial charge < -0.3 is 0 Å². The first-order valence-electron chi connectivity index (χ1n) is 11.4. The standard InChI is InChI=1S/C15H12IO4.C15H12IO3/c1-20-15(19)10-6-8-11(9-7-10)16-13-5-3-2-4-12(13)14(17)18;1-10(17)11-6-8-12(9-7-11)16-14-5-3-2-4-13(14)15(18)19/h2-9H,1H3,(H,17,18);2-9H,1H3,(H,18,19)/q2*-1/p-2. The number of carbonyl (C=O) groups is 4. The van der Waals surface area contributed by atoms with Crippen LogP contribution in [0.4, 0.5) is 0 Å². The summed E-state index contributed by atoms with van der Waals surface area (Å²) in [4.78, 5) is 44.6. The zero-order chi connectivity index (χ0) is 28.4. The summed E-state index contributed by atoms with van der Waals surface area (Å²) >= 11 is -1.23. The van der Waals surface area contributed by atoms with E-state index in [1.54, 1.807) is 54.6 Å². The Kier molecular flexibility index (Phi) is 11.2. The summed E-state index contributed by atoms with van der Waals surface area (Å²) in [5.74, 6) is -2.66. The van der Waals surface area contributed by atoms with Crippen LogP contribution in [0.3, 0.4) is 0 Å². The number of ketones is 1. The van der Waals surface area contributed by atoms with E-state index in [9.17, 15) is 29.4 Å². The Labute approximate surface area is 246 Å². The second-order valence-electron chi connectivity index (χ2n) is 7.79. The number of hydrogen-bond acceptors (Lipinski definition) is 7. The fourth-order valence-electron chi connectivity index (χ4n) is 3.17. The monoisotopic (exact) mass is 748 g/mol. The number of carbonyl (C=O) groups excluding carboxylic acids is 4. The molecule has 0 aliphatic heterocycles. The van der Waals surface area contributed by atoms with E-state index >= 15 is 0 Å². The number of methoxy groups -OCH3 is 1. The van der Waals surface area contributed by atoms with Crippen LogP contribution < -0.4 is 52.6 Å².